The highest BCUT2D eigenvalue weighted by atomic mass is 32.2. The van der Waals surface area contributed by atoms with Crippen LogP contribution < -0.4 is 4.74 Å². The van der Waals surface area contributed by atoms with Gasteiger partial charge in [-0.05, 0) is 64.8 Å². The van der Waals surface area contributed by atoms with Gasteiger partial charge in [0.2, 0.25) is 0 Å². The lowest BCUT2D eigenvalue weighted by atomic mass is 9.52. The lowest BCUT2D eigenvalue weighted by Gasteiger charge is -2.51. The van der Waals surface area contributed by atoms with Crippen LogP contribution in [0.4, 0.5) is 0 Å². The average Bonchev–Trinajstić information content (AvgIpc) is 2.84. The van der Waals surface area contributed by atoms with Crippen LogP contribution in [0, 0.1) is 12.3 Å². The minimum Gasteiger partial charge on any atom is -0.744 e. The van der Waals surface area contributed by atoms with Gasteiger partial charge in [0, 0.05) is 11.8 Å². The van der Waals surface area contributed by atoms with Gasteiger partial charge in [-0.3, -0.25) is 4.79 Å². The van der Waals surface area contributed by atoms with Gasteiger partial charge in [-0.1, -0.05) is 62.4 Å². The highest BCUT2D eigenvalue weighted by molar-refractivity contribution is 7.85. The fourth-order valence-corrected chi connectivity index (χ4v) is 6.80. The largest absolute Gasteiger partial charge is 0.744 e. The number of aliphatic hydroxyl groups excluding tert-OH is 1. The molecular formula is C28H27O6S-. The molecule has 1 atom stereocenters. The maximum Gasteiger partial charge on any atom is 0.320 e. The molecule has 2 bridgehead atoms. The predicted molar refractivity (Wildman–Crippen MR) is 130 cm³/mol. The Balaban J connectivity index is 1.61. The van der Waals surface area contributed by atoms with E-state index < -0.39 is 28.1 Å². The lowest BCUT2D eigenvalue weighted by molar-refractivity contribution is -0.151. The number of ether oxygens (including phenoxy) is 1. The van der Waals surface area contributed by atoms with E-state index in [-0.39, 0.29) is 28.4 Å². The molecule has 0 fully saturated rings. The van der Waals surface area contributed by atoms with Gasteiger partial charge in [0.15, 0.2) is 0 Å². The third kappa shape index (κ3) is 3.61. The molecule has 3 aromatic rings. The topological polar surface area (TPSA) is 104 Å². The normalized spacial score (nSPS) is 22.6. The number of hydrogen-bond donors (Lipinski definition) is 1. The molecular weight excluding hydrogens is 464 g/mol. The Morgan fingerprint density at radius 1 is 1.06 bits per heavy atom. The van der Waals surface area contributed by atoms with Crippen molar-refractivity contribution >= 4 is 16.1 Å². The number of carbonyl (C=O) groups excluding carboxylic acids is 1. The zero-order valence-electron chi connectivity index (χ0n) is 19.8. The van der Waals surface area contributed by atoms with Crippen LogP contribution in [-0.2, 0) is 14.9 Å². The molecule has 0 saturated carbocycles. The van der Waals surface area contributed by atoms with E-state index in [4.69, 9.17) is 4.74 Å². The van der Waals surface area contributed by atoms with E-state index in [1.165, 1.54) is 12.1 Å². The second kappa shape index (κ2) is 8.29. The van der Waals surface area contributed by atoms with Gasteiger partial charge in [0.25, 0.3) is 0 Å². The second-order valence-corrected chi connectivity index (χ2v) is 11.3. The van der Waals surface area contributed by atoms with E-state index in [2.05, 4.69) is 12.1 Å². The summed E-state index contributed by atoms with van der Waals surface area (Å²) in [6.07, 6.45) is 0.407. The fourth-order valence-electron chi connectivity index (χ4n) is 5.89. The van der Waals surface area contributed by atoms with Gasteiger partial charge < -0.3 is 14.4 Å². The molecule has 0 heterocycles. The van der Waals surface area contributed by atoms with E-state index in [9.17, 15) is 22.9 Å². The Morgan fingerprint density at radius 3 is 2.09 bits per heavy atom. The number of aliphatic hydroxyl groups is 1. The van der Waals surface area contributed by atoms with Crippen LogP contribution in [0.1, 0.15) is 71.4 Å². The number of carbonyl (C=O) groups is 1. The number of aryl methyl sites for hydroxylation is 1. The van der Waals surface area contributed by atoms with Crippen LogP contribution in [0.5, 0.6) is 5.75 Å². The molecule has 1 N–H and O–H groups in total. The standard InChI is InChI=1S/C28H28O6S/c1-16(2)22-13-24(17(3)12-25(22)35(31,32)33)34-27(30)28(15-29)14-23-18-8-4-6-10-20(18)26(28)21-11-7-5-9-19(21)23/h4-13,16,23,26,29H,14-15H2,1-3H3,(H,31,32,33)/p-1. The van der Waals surface area contributed by atoms with Crippen molar-refractivity contribution in [1.29, 1.82) is 0 Å². The molecule has 1 unspecified atom stereocenters. The van der Waals surface area contributed by atoms with E-state index in [1.807, 2.05) is 36.4 Å². The van der Waals surface area contributed by atoms with Crippen molar-refractivity contribution in [2.45, 2.75) is 49.8 Å². The third-order valence-corrected chi connectivity index (χ3v) is 8.47. The van der Waals surface area contributed by atoms with Gasteiger partial charge >= 0.3 is 5.97 Å². The summed E-state index contributed by atoms with van der Waals surface area (Å²) in [5.74, 6) is -1.06. The van der Waals surface area contributed by atoms with Crippen LogP contribution in [0.3, 0.4) is 0 Å². The smallest absolute Gasteiger partial charge is 0.320 e. The molecule has 6 rings (SSSR count). The molecule has 3 aliphatic rings. The molecule has 35 heavy (non-hydrogen) atoms. The van der Waals surface area contributed by atoms with E-state index in [0.717, 1.165) is 22.3 Å². The average molecular weight is 492 g/mol. The van der Waals surface area contributed by atoms with Crippen LogP contribution in [0.15, 0.2) is 65.6 Å². The first-order valence-electron chi connectivity index (χ1n) is 11.7. The van der Waals surface area contributed by atoms with Crippen molar-refractivity contribution in [3.63, 3.8) is 0 Å². The van der Waals surface area contributed by atoms with Crippen LogP contribution in [0.2, 0.25) is 0 Å². The number of hydrogen-bond acceptors (Lipinski definition) is 6. The second-order valence-electron chi connectivity index (χ2n) is 9.92. The first kappa shape index (κ1) is 23.7. The van der Waals surface area contributed by atoms with Crippen molar-refractivity contribution in [3.05, 3.63) is 94.0 Å². The monoisotopic (exact) mass is 491 g/mol. The molecule has 0 amide bonds. The molecule has 182 valence electrons. The number of fused-ring (bicyclic) bond motifs is 1. The molecule has 0 aliphatic heterocycles. The summed E-state index contributed by atoms with van der Waals surface area (Å²) in [6.45, 7) is 4.76. The summed E-state index contributed by atoms with van der Waals surface area (Å²) in [6, 6.07) is 18.8. The van der Waals surface area contributed by atoms with E-state index in [0.29, 0.717) is 17.5 Å². The zero-order chi connectivity index (χ0) is 25.1. The summed E-state index contributed by atoms with van der Waals surface area (Å²) in [4.78, 5) is 13.6. The first-order chi connectivity index (χ1) is 16.6. The van der Waals surface area contributed by atoms with Crippen molar-refractivity contribution in [1.82, 2.24) is 0 Å². The minimum atomic E-state index is -4.69. The summed E-state index contributed by atoms with van der Waals surface area (Å²) in [5.41, 5.74) is 3.83. The Labute approximate surface area is 205 Å². The van der Waals surface area contributed by atoms with Crippen molar-refractivity contribution in [2.24, 2.45) is 5.41 Å². The molecule has 3 aliphatic carbocycles. The molecule has 0 spiro atoms. The highest BCUT2D eigenvalue weighted by Gasteiger charge is 2.57. The zero-order valence-corrected chi connectivity index (χ0v) is 20.6. The Hall–Kier alpha value is -3.00. The summed E-state index contributed by atoms with van der Waals surface area (Å²) in [7, 11) is -4.69. The van der Waals surface area contributed by atoms with Crippen molar-refractivity contribution < 1.29 is 27.6 Å². The van der Waals surface area contributed by atoms with Gasteiger partial charge in [0.1, 0.15) is 21.3 Å². The SMILES string of the molecule is Cc1cc(S(=O)(=O)[O-])c(C(C)C)cc1OC(=O)C1(CO)CC2c3ccccc3C1c1ccccc12. The number of esters is 1. The van der Waals surface area contributed by atoms with E-state index in [1.54, 1.807) is 20.8 Å². The van der Waals surface area contributed by atoms with Crippen LogP contribution in [0.25, 0.3) is 0 Å². The van der Waals surface area contributed by atoms with Crippen LogP contribution >= 0.6 is 0 Å². The lowest BCUT2D eigenvalue weighted by Crippen LogP contribution is -2.50. The summed E-state index contributed by atoms with van der Waals surface area (Å²) >= 11 is 0. The molecule has 0 aromatic heterocycles. The third-order valence-electron chi connectivity index (χ3n) is 7.58. The number of rotatable bonds is 5. The summed E-state index contributed by atoms with van der Waals surface area (Å²) in [5, 5.41) is 10.7. The van der Waals surface area contributed by atoms with Gasteiger partial charge in [-0.15, -0.1) is 0 Å². The van der Waals surface area contributed by atoms with E-state index >= 15 is 0 Å². The summed E-state index contributed by atoms with van der Waals surface area (Å²) < 4.78 is 41.4. The molecule has 3 aromatic carbocycles. The highest BCUT2D eigenvalue weighted by Crippen LogP contribution is 2.61. The first-order valence-corrected chi connectivity index (χ1v) is 13.1. The molecule has 7 heteroatoms. The predicted octanol–water partition coefficient (Wildman–Crippen LogP) is 4.59. The molecule has 0 saturated heterocycles. The van der Waals surface area contributed by atoms with Crippen molar-refractivity contribution in [3.8, 4) is 5.75 Å². The molecule has 0 radical (unpaired) electrons. The molecule has 6 nitrogen and oxygen atoms in total. The maximum atomic E-state index is 13.9. The van der Waals surface area contributed by atoms with Gasteiger partial charge in [-0.2, -0.15) is 0 Å². The Kier molecular flexibility index (Phi) is 5.62. The van der Waals surface area contributed by atoms with Gasteiger partial charge in [-0.25, -0.2) is 8.42 Å². The van der Waals surface area contributed by atoms with Crippen molar-refractivity contribution in [2.75, 3.05) is 6.61 Å². The van der Waals surface area contributed by atoms with Gasteiger partial charge in [0.05, 0.1) is 11.5 Å². The Bertz CT molecular complexity index is 1390. The maximum absolute atomic E-state index is 13.9. The van der Waals surface area contributed by atoms with Crippen LogP contribution in [-0.4, -0.2) is 30.7 Å². The quantitative estimate of drug-likeness (QED) is 0.318. The minimum absolute atomic E-state index is 0.0487. The Morgan fingerprint density at radius 2 is 1.60 bits per heavy atom. The number of benzene rings is 3. The fraction of sp³-hybridized carbons (Fsp3) is 0.321.